The Bertz CT molecular complexity index is 587. The van der Waals surface area contributed by atoms with Crippen molar-refractivity contribution in [1.29, 1.82) is 0 Å². The Morgan fingerprint density at radius 3 is 2.45 bits per heavy atom. The molecule has 0 aliphatic heterocycles. The number of aromatic nitrogens is 2. The van der Waals surface area contributed by atoms with E-state index in [9.17, 15) is 13.2 Å². The van der Waals surface area contributed by atoms with Crippen molar-refractivity contribution in [3.05, 3.63) is 52.9 Å². The lowest BCUT2D eigenvalue weighted by atomic mass is 10.1. The van der Waals surface area contributed by atoms with Crippen LogP contribution in [0.4, 0.5) is 19.0 Å². The number of rotatable bonds is 3. The third-order valence-corrected chi connectivity index (χ3v) is 2.89. The van der Waals surface area contributed by atoms with Crippen LogP contribution in [0.5, 0.6) is 0 Å². The van der Waals surface area contributed by atoms with Gasteiger partial charge in [-0.2, -0.15) is 13.2 Å². The standard InChI is InChI=1S/C13H11ClF3N3/c1-8(9-2-4-18-5-3-9)19-12-7-10(13(15,16)17)6-11(14)20-12/h2-8H,1H3,(H,19,20). The van der Waals surface area contributed by atoms with Crippen LogP contribution in [0.1, 0.15) is 24.1 Å². The van der Waals surface area contributed by atoms with E-state index in [-0.39, 0.29) is 17.0 Å². The molecule has 2 heterocycles. The summed E-state index contributed by atoms with van der Waals surface area (Å²) < 4.78 is 38.1. The number of hydrogen-bond donors (Lipinski definition) is 1. The van der Waals surface area contributed by atoms with Gasteiger partial charge in [-0.1, -0.05) is 11.6 Å². The fourth-order valence-corrected chi connectivity index (χ4v) is 1.90. The summed E-state index contributed by atoms with van der Waals surface area (Å²) in [5, 5.41) is 2.68. The highest BCUT2D eigenvalue weighted by Gasteiger charge is 2.31. The van der Waals surface area contributed by atoms with Gasteiger partial charge in [-0.05, 0) is 36.8 Å². The Morgan fingerprint density at radius 2 is 1.85 bits per heavy atom. The second kappa shape index (κ2) is 5.66. The highest BCUT2D eigenvalue weighted by Crippen LogP contribution is 2.32. The van der Waals surface area contributed by atoms with E-state index in [1.807, 2.05) is 6.92 Å². The predicted octanol–water partition coefficient (Wildman–Crippen LogP) is 4.32. The van der Waals surface area contributed by atoms with Crippen molar-refractivity contribution in [1.82, 2.24) is 9.97 Å². The van der Waals surface area contributed by atoms with Gasteiger partial charge in [0.25, 0.3) is 0 Å². The summed E-state index contributed by atoms with van der Waals surface area (Å²) >= 11 is 5.62. The average molecular weight is 302 g/mol. The molecule has 0 saturated carbocycles. The SMILES string of the molecule is CC(Nc1cc(C(F)(F)F)cc(Cl)n1)c1ccncc1. The molecule has 2 aromatic rings. The predicted molar refractivity (Wildman–Crippen MR) is 70.5 cm³/mol. The Balaban J connectivity index is 2.24. The zero-order chi connectivity index (χ0) is 14.8. The Hall–Kier alpha value is -1.82. The van der Waals surface area contributed by atoms with Crippen LogP contribution < -0.4 is 5.32 Å². The largest absolute Gasteiger partial charge is 0.416 e. The fourth-order valence-electron chi connectivity index (χ4n) is 1.69. The van der Waals surface area contributed by atoms with Crippen molar-refractivity contribution in [2.24, 2.45) is 0 Å². The molecule has 1 atom stereocenters. The lowest BCUT2D eigenvalue weighted by Gasteiger charge is -2.16. The normalized spacial score (nSPS) is 13.1. The summed E-state index contributed by atoms with van der Waals surface area (Å²) in [6.07, 6.45) is -1.23. The Labute approximate surface area is 118 Å². The maximum atomic E-state index is 12.7. The van der Waals surface area contributed by atoms with Gasteiger partial charge in [0, 0.05) is 12.4 Å². The summed E-state index contributed by atoms with van der Waals surface area (Å²) in [5.74, 6) is 0.0779. The zero-order valence-electron chi connectivity index (χ0n) is 10.4. The van der Waals surface area contributed by atoms with E-state index in [0.717, 1.165) is 17.7 Å². The van der Waals surface area contributed by atoms with E-state index < -0.39 is 11.7 Å². The van der Waals surface area contributed by atoms with Gasteiger partial charge in [-0.3, -0.25) is 4.98 Å². The number of anilines is 1. The molecule has 0 aliphatic rings. The molecule has 2 aromatic heterocycles. The first-order valence-electron chi connectivity index (χ1n) is 5.77. The third kappa shape index (κ3) is 3.60. The first-order valence-corrected chi connectivity index (χ1v) is 6.15. The van der Waals surface area contributed by atoms with Crippen molar-refractivity contribution in [2.75, 3.05) is 5.32 Å². The molecule has 1 unspecified atom stereocenters. The van der Waals surface area contributed by atoms with Gasteiger partial charge in [0.15, 0.2) is 0 Å². The van der Waals surface area contributed by atoms with Gasteiger partial charge < -0.3 is 5.32 Å². The smallest absolute Gasteiger partial charge is 0.363 e. The molecule has 7 heteroatoms. The monoisotopic (exact) mass is 301 g/mol. The van der Waals surface area contributed by atoms with Gasteiger partial charge in [0.2, 0.25) is 0 Å². The van der Waals surface area contributed by atoms with Crippen LogP contribution in [0, 0.1) is 0 Å². The van der Waals surface area contributed by atoms with Crippen LogP contribution in [-0.4, -0.2) is 9.97 Å². The quantitative estimate of drug-likeness (QED) is 0.858. The molecular formula is C13H11ClF3N3. The highest BCUT2D eigenvalue weighted by atomic mass is 35.5. The molecule has 0 saturated heterocycles. The van der Waals surface area contributed by atoms with Gasteiger partial charge in [-0.15, -0.1) is 0 Å². The zero-order valence-corrected chi connectivity index (χ0v) is 11.2. The van der Waals surface area contributed by atoms with Crippen molar-refractivity contribution >= 4 is 17.4 Å². The lowest BCUT2D eigenvalue weighted by molar-refractivity contribution is -0.137. The topological polar surface area (TPSA) is 37.8 Å². The van der Waals surface area contributed by atoms with Crippen LogP contribution >= 0.6 is 11.6 Å². The summed E-state index contributed by atoms with van der Waals surface area (Å²) in [7, 11) is 0. The molecule has 1 N–H and O–H groups in total. The van der Waals surface area contributed by atoms with Crippen molar-refractivity contribution in [3.8, 4) is 0 Å². The first-order chi connectivity index (χ1) is 9.36. The van der Waals surface area contributed by atoms with Crippen LogP contribution in [0.3, 0.4) is 0 Å². The molecule has 0 radical (unpaired) electrons. The summed E-state index contributed by atoms with van der Waals surface area (Å²) in [5.41, 5.74) is 0.0530. The van der Waals surface area contributed by atoms with Crippen molar-refractivity contribution < 1.29 is 13.2 Å². The highest BCUT2D eigenvalue weighted by molar-refractivity contribution is 6.29. The minimum Gasteiger partial charge on any atom is -0.363 e. The van der Waals surface area contributed by atoms with Gasteiger partial charge in [-0.25, -0.2) is 4.98 Å². The van der Waals surface area contributed by atoms with Crippen LogP contribution in [0.15, 0.2) is 36.7 Å². The van der Waals surface area contributed by atoms with Gasteiger partial charge in [0.1, 0.15) is 11.0 Å². The van der Waals surface area contributed by atoms with E-state index in [0.29, 0.717) is 0 Å². The molecule has 2 rings (SSSR count). The third-order valence-electron chi connectivity index (χ3n) is 2.69. The van der Waals surface area contributed by atoms with E-state index in [1.54, 1.807) is 24.5 Å². The molecule has 20 heavy (non-hydrogen) atoms. The number of alkyl halides is 3. The van der Waals surface area contributed by atoms with Gasteiger partial charge in [0.05, 0.1) is 11.6 Å². The molecule has 0 aliphatic carbocycles. The molecule has 0 fully saturated rings. The van der Waals surface area contributed by atoms with E-state index in [1.165, 1.54) is 0 Å². The maximum absolute atomic E-state index is 12.7. The fraction of sp³-hybridized carbons (Fsp3) is 0.231. The summed E-state index contributed by atoms with van der Waals surface area (Å²) in [6, 6.07) is 5.05. The summed E-state index contributed by atoms with van der Waals surface area (Å²) in [6.45, 7) is 1.81. The number of nitrogens with one attached hydrogen (secondary N) is 1. The number of halogens is 4. The summed E-state index contributed by atoms with van der Waals surface area (Å²) in [4.78, 5) is 7.73. The second-order valence-electron chi connectivity index (χ2n) is 4.21. The van der Waals surface area contributed by atoms with Crippen LogP contribution in [0.25, 0.3) is 0 Å². The van der Waals surface area contributed by atoms with Crippen LogP contribution in [0.2, 0.25) is 5.15 Å². The number of hydrogen-bond acceptors (Lipinski definition) is 3. The molecule has 106 valence electrons. The van der Waals surface area contributed by atoms with E-state index >= 15 is 0 Å². The number of nitrogens with zero attached hydrogens (tertiary/aromatic N) is 2. The molecular weight excluding hydrogens is 291 g/mol. The molecule has 0 amide bonds. The molecule has 0 bridgehead atoms. The first kappa shape index (κ1) is 14.6. The lowest BCUT2D eigenvalue weighted by Crippen LogP contribution is -2.11. The Kier molecular flexibility index (Phi) is 4.13. The van der Waals surface area contributed by atoms with Crippen molar-refractivity contribution in [3.63, 3.8) is 0 Å². The number of pyridine rings is 2. The Morgan fingerprint density at radius 1 is 1.20 bits per heavy atom. The van der Waals surface area contributed by atoms with E-state index in [4.69, 9.17) is 11.6 Å². The molecule has 3 nitrogen and oxygen atoms in total. The molecule has 0 spiro atoms. The van der Waals surface area contributed by atoms with Crippen LogP contribution in [-0.2, 0) is 6.18 Å². The maximum Gasteiger partial charge on any atom is 0.416 e. The van der Waals surface area contributed by atoms with Gasteiger partial charge >= 0.3 is 6.18 Å². The van der Waals surface area contributed by atoms with E-state index in [2.05, 4.69) is 15.3 Å². The molecule has 0 aromatic carbocycles. The minimum absolute atomic E-state index is 0.0779. The average Bonchev–Trinajstić information content (AvgIpc) is 2.38. The minimum atomic E-state index is -4.46. The van der Waals surface area contributed by atoms with Crippen molar-refractivity contribution in [2.45, 2.75) is 19.1 Å². The second-order valence-corrected chi connectivity index (χ2v) is 4.60.